The van der Waals surface area contributed by atoms with Gasteiger partial charge in [-0.05, 0) is 31.5 Å². The molecule has 1 aromatic rings. The Morgan fingerprint density at radius 3 is 2.75 bits per heavy atom. The number of nitrogens with zero attached hydrogens (tertiary/aromatic N) is 1. The van der Waals surface area contributed by atoms with E-state index in [9.17, 15) is 0 Å². The number of aromatic nitrogens is 1. The first-order chi connectivity index (χ1) is 9.81. The summed E-state index contributed by atoms with van der Waals surface area (Å²) in [5.74, 6) is 0.824. The molecule has 0 aliphatic heterocycles. The minimum atomic E-state index is 0.218. The average Bonchev–Trinajstić information content (AvgIpc) is 2.49. The van der Waals surface area contributed by atoms with E-state index in [4.69, 9.17) is 14.2 Å². The van der Waals surface area contributed by atoms with Crippen molar-refractivity contribution in [3.05, 3.63) is 24.0 Å². The minimum absolute atomic E-state index is 0.218. The molecule has 5 heteroatoms. The van der Waals surface area contributed by atoms with E-state index in [0.717, 1.165) is 30.8 Å². The van der Waals surface area contributed by atoms with Gasteiger partial charge in [0.2, 0.25) is 0 Å². The van der Waals surface area contributed by atoms with Gasteiger partial charge in [0.25, 0.3) is 0 Å². The molecule has 0 amide bonds. The second kappa shape index (κ2) is 10.6. The summed E-state index contributed by atoms with van der Waals surface area (Å²) in [6.07, 6.45) is 5.50. The Morgan fingerprint density at radius 2 is 2.05 bits per heavy atom. The summed E-state index contributed by atoms with van der Waals surface area (Å²) in [6, 6.07) is 2.26. The van der Waals surface area contributed by atoms with E-state index in [1.807, 2.05) is 19.3 Å². The highest BCUT2D eigenvalue weighted by Crippen LogP contribution is 2.20. The van der Waals surface area contributed by atoms with E-state index in [1.165, 1.54) is 0 Å². The van der Waals surface area contributed by atoms with E-state index >= 15 is 0 Å². The monoisotopic (exact) mass is 282 g/mol. The SMILES string of the molecule is CCCOc1cncc(C(CCOCCOC)NC)c1. The Bertz CT molecular complexity index is 361. The summed E-state index contributed by atoms with van der Waals surface area (Å²) in [4.78, 5) is 4.24. The standard InChI is InChI=1S/C15H26N2O3/c1-4-6-20-14-10-13(11-17-12-14)15(16-2)5-7-19-9-8-18-3/h10-12,15-16H,4-9H2,1-3H3. The Kier molecular flexibility index (Phi) is 8.95. The third-order valence-electron chi connectivity index (χ3n) is 2.94. The molecule has 1 rings (SSSR count). The highest BCUT2D eigenvalue weighted by atomic mass is 16.5. The van der Waals surface area contributed by atoms with Crippen molar-refractivity contribution in [2.45, 2.75) is 25.8 Å². The molecule has 1 N–H and O–H groups in total. The van der Waals surface area contributed by atoms with Crippen molar-refractivity contribution in [2.75, 3.05) is 40.6 Å². The summed E-state index contributed by atoms with van der Waals surface area (Å²) >= 11 is 0. The molecule has 0 aliphatic rings. The fourth-order valence-corrected chi connectivity index (χ4v) is 1.85. The second-order valence-corrected chi connectivity index (χ2v) is 4.54. The molecule has 0 saturated carbocycles. The molecular formula is C15H26N2O3. The summed E-state index contributed by atoms with van der Waals surface area (Å²) in [6.45, 7) is 4.76. The molecule has 1 unspecified atom stereocenters. The Morgan fingerprint density at radius 1 is 1.20 bits per heavy atom. The summed E-state index contributed by atoms with van der Waals surface area (Å²) in [7, 11) is 3.62. The van der Waals surface area contributed by atoms with Crippen molar-refractivity contribution in [1.29, 1.82) is 0 Å². The molecule has 0 radical (unpaired) electrons. The fourth-order valence-electron chi connectivity index (χ4n) is 1.85. The van der Waals surface area contributed by atoms with Gasteiger partial charge < -0.3 is 19.5 Å². The lowest BCUT2D eigenvalue weighted by molar-refractivity contribution is 0.0660. The van der Waals surface area contributed by atoms with Crippen LogP contribution in [-0.2, 0) is 9.47 Å². The van der Waals surface area contributed by atoms with Crippen LogP contribution < -0.4 is 10.1 Å². The summed E-state index contributed by atoms with van der Waals surface area (Å²) in [5.41, 5.74) is 1.12. The van der Waals surface area contributed by atoms with Gasteiger partial charge in [-0.1, -0.05) is 6.92 Å². The number of ether oxygens (including phenoxy) is 3. The van der Waals surface area contributed by atoms with Gasteiger partial charge in [0.05, 0.1) is 26.0 Å². The molecule has 1 aromatic heterocycles. The number of methoxy groups -OCH3 is 1. The van der Waals surface area contributed by atoms with Crippen LogP contribution >= 0.6 is 0 Å². The predicted octanol–water partition coefficient (Wildman–Crippen LogP) is 2.18. The molecule has 0 fully saturated rings. The first-order valence-electron chi connectivity index (χ1n) is 7.13. The van der Waals surface area contributed by atoms with Crippen LogP contribution in [-0.4, -0.2) is 45.6 Å². The molecule has 1 atom stereocenters. The van der Waals surface area contributed by atoms with Crippen LogP contribution in [0.3, 0.4) is 0 Å². The van der Waals surface area contributed by atoms with E-state index in [2.05, 4.69) is 17.2 Å². The molecule has 20 heavy (non-hydrogen) atoms. The fraction of sp³-hybridized carbons (Fsp3) is 0.667. The molecule has 0 saturated heterocycles. The zero-order valence-corrected chi connectivity index (χ0v) is 12.7. The molecule has 5 nitrogen and oxygen atoms in total. The Labute approximate surface area is 121 Å². The Balaban J connectivity index is 2.47. The number of pyridine rings is 1. The molecule has 0 aromatic carbocycles. The maximum Gasteiger partial charge on any atom is 0.137 e. The average molecular weight is 282 g/mol. The van der Waals surface area contributed by atoms with E-state index in [1.54, 1.807) is 13.3 Å². The van der Waals surface area contributed by atoms with Crippen LogP contribution in [0.2, 0.25) is 0 Å². The predicted molar refractivity (Wildman–Crippen MR) is 79.1 cm³/mol. The quantitative estimate of drug-likeness (QED) is 0.630. The van der Waals surface area contributed by atoms with Gasteiger partial charge in [0.15, 0.2) is 0 Å². The zero-order chi connectivity index (χ0) is 14.6. The van der Waals surface area contributed by atoms with Crippen LogP contribution in [0.5, 0.6) is 5.75 Å². The van der Waals surface area contributed by atoms with Gasteiger partial charge in [-0.3, -0.25) is 4.98 Å². The maximum absolute atomic E-state index is 5.61. The second-order valence-electron chi connectivity index (χ2n) is 4.54. The van der Waals surface area contributed by atoms with E-state index in [-0.39, 0.29) is 6.04 Å². The lowest BCUT2D eigenvalue weighted by Crippen LogP contribution is -2.19. The van der Waals surface area contributed by atoms with Crippen LogP contribution in [0.25, 0.3) is 0 Å². The van der Waals surface area contributed by atoms with Crippen molar-refractivity contribution in [2.24, 2.45) is 0 Å². The van der Waals surface area contributed by atoms with Crippen LogP contribution in [0.15, 0.2) is 18.5 Å². The zero-order valence-electron chi connectivity index (χ0n) is 12.7. The normalized spacial score (nSPS) is 12.3. The first-order valence-corrected chi connectivity index (χ1v) is 7.13. The van der Waals surface area contributed by atoms with E-state index < -0.39 is 0 Å². The van der Waals surface area contributed by atoms with Crippen LogP contribution in [0.1, 0.15) is 31.4 Å². The largest absolute Gasteiger partial charge is 0.492 e. The molecular weight excluding hydrogens is 256 g/mol. The number of rotatable bonds is 11. The lowest BCUT2D eigenvalue weighted by atomic mass is 10.1. The van der Waals surface area contributed by atoms with Gasteiger partial charge in [0, 0.05) is 26.0 Å². The first kappa shape index (κ1) is 16.9. The highest BCUT2D eigenvalue weighted by Gasteiger charge is 2.10. The number of nitrogens with one attached hydrogen (secondary N) is 1. The third kappa shape index (κ3) is 6.32. The molecule has 0 spiro atoms. The maximum atomic E-state index is 5.61. The van der Waals surface area contributed by atoms with Gasteiger partial charge in [-0.25, -0.2) is 0 Å². The molecule has 1 heterocycles. The summed E-state index contributed by atoms with van der Waals surface area (Å²) < 4.78 is 16.1. The van der Waals surface area contributed by atoms with Crippen molar-refractivity contribution in [3.8, 4) is 5.75 Å². The lowest BCUT2D eigenvalue weighted by Gasteiger charge is -2.17. The van der Waals surface area contributed by atoms with Crippen LogP contribution in [0.4, 0.5) is 0 Å². The van der Waals surface area contributed by atoms with Crippen molar-refractivity contribution in [3.63, 3.8) is 0 Å². The highest BCUT2D eigenvalue weighted by molar-refractivity contribution is 5.26. The smallest absolute Gasteiger partial charge is 0.137 e. The topological polar surface area (TPSA) is 52.6 Å². The molecule has 0 bridgehead atoms. The van der Waals surface area contributed by atoms with Crippen molar-refractivity contribution < 1.29 is 14.2 Å². The number of hydrogen-bond acceptors (Lipinski definition) is 5. The number of hydrogen-bond donors (Lipinski definition) is 1. The Hall–Kier alpha value is -1.17. The summed E-state index contributed by atoms with van der Waals surface area (Å²) in [5, 5.41) is 3.29. The van der Waals surface area contributed by atoms with Crippen LogP contribution in [0, 0.1) is 0 Å². The molecule has 114 valence electrons. The third-order valence-corrected chi connectivity index (χ3v) is 2.94. The van der Waals surface area contributed by atoms with Gasteiger partial charge >= 0.3 is 0 Å². The van der Waals surface area contributed by atoms with Gasteiger partial charge in [0.1, 0.15) is 5.75 Å². The van der Waals surface area contributed by atoms with Crippen molar-refractivity contribution >= 4 is 0 Å². The van der Waals surface area contributed by atoms with E-state index in [0.29, 0.717) is 19.8 Å². The minimum Gasteiger partial charge on any atom is -0.492 e. The van der Waals surface area contributed by atoms with Gasteiger partial charge in [-0.2, -0.15) is 0 Å². The molecule has 0 aliphatic carbocycles. The van der Waals surface area contributed by atoms with Crippen molar-refractivity contribution in [1.82, 2.24) is 10.3 Å². The van der Waals surface area contributed by atoms with Gasteiger partial charge in [-0.15, -0.1) is 0 Å².